The number of pyridine rings is 1. The van der Waals surface area contributed by atoms with E-state index in [4.69, 9.17) is 10.1 Å². The highest BCUT2D eigenvalue weighted by Gasteiger charge is 2.09. The first-order chi connectivity index (χ1) is 13.3. The van der Waals surface area contributed by atoms with Crippen molar-refractivity contribution in [1.29, 1.82) is 0 Å². The van der Waals surface area contributed by atoms with Gasteiger partial charge in [0.25, 0.3) is 0 Å². The minimum Gasteiger partial charge on any atom is -0.392 e. The number of aliphatic hydroxyl groups excluding tert-OH is 1. The molecule has 0 radical (unpaired) electrons. The number of aromatic nitrogens is 3. The molecule has 0 unspecified atom stereocenters. The van der Waals surface area contributed by atoms with Crippen LogP contribution in [-0.4, -0.2) is 26.6 Å². The zero-order valence-corrected chi connectivity index (χ0v) is 14.8. The minimum atomic E-state index is 0.0720. The van der Waals surface area contributed by atoms with Crippen LogP contribution in [0, 0.1) is 0 Å². The molecule has 4 aromatic rings. The molecular formula is C22H20N4O. The van der Waals surface area contributed by atoms with Crippen molar-refractivity contribution in [3.8, 4) is 11.4 Å². The molecule has 4 rings (SSSR count). The van der Waals surface area contributed by atoms with Crippen molar-refractivity contribution in [3.05, 3.63) is 84.2 Å². The molecule has 5 nitrogen and oxygen atoms in total. The van der Waals surface area contributed by atoms with E-state index in [2.05, 4.69) is 15.3 Å². The fraction of sp³-hybridized carbons (Fsp3) is 0.136. The highest BCUT2D eigenvalue weighted by Crippen LogP contribution is 2.24. The second kappa shape index (κ2) is 7.93. The molecule has 0 aliphatic heterocycles. The summed E-state index contributed by atoms with van der Waals surface area (Å²) in [5.74, 6) is 1.49. The Bertz CT molecular complexity index is 1030. The number of hydrogen-bond acceptors (Lipinski definition) is 5. The molecule has 5 heteroatoms. The Hall–Kier alpha value is -3.31. The quantitative estimate of drug-likeness (QED) is 0.549. The molecule has 0 fully saturated rings. The van der Waals surface area contributed by atoms with E-state index in [0.717, 1.165) is 40.8 Å². The maximum Gasteiger partial charge on any atom is 0.163 e. The van der Waals surface area contributed by atoms with E-state index < -0.39 is 0 Å². The first-order valence-corrected chi connectivity index (χ1v) is 8.93. The smallest absolute Gasteiger partial charge is 0.163 e. The Kier molecular flexibility index (Phi) is 5.03. The van der Waals surface area contributed by atoms with E-state index in [-0.39, 0.29) is 6.61 Å². The number of benzene rings is 2. The number of hydrogen-bond donors (Lipinski definition) is 2. The van der Waals surface area contributed by atoms with Crippen molar-refractivity contribution in [3.63, 3.8) is 0 Å². The van der Waals surface area contributed by atoms with Gasteiger partial charge in [0.2, 0.25) is 0 Å². The second-order valence-corrected chi connectivity index (χ2v) is 6.31. The number of aliphatic hydroxyl groups is 1. The van der Waals surface area contributed by atoms with Gasteiger partial charge in [0, 0.05) is 29.9 Å². The Morgan fingerprint density at radius 3 is 2.44 bits per heavy atom. The number of nitrogens with one attached hydrogen (secondary N) is 1. The molecule has 0 aliphatic rings. The van der Waals surface area contributed by atoms with Gasteiger partial charge in [-0.2, -0.15) is 0 Å². The third-order valence-electron chi connectivity index (χ3n) is 4.43. The Balaban J connectivity index is 1.58. The molecule has 0 bridgehead atoms. The van der Waals surface area contributed by atoms with Crippen LogP contribution < -0.4 is 5.32 Å². The number of nitrogens with zero attached hydrogens (tertiary/aromatic N) is 3. The van der Waals surface area contributed by atoms with E-state index in [9.17, 15) is 0 Å². The molecule has 0 atom stereocenters. The van der Waals surface area contributed by atoms with Crippen LogP contribution in [0.2, 0.25) is 0 Å². The molecule has 0 aliphatic carbocycles. The van der Waals surface area contributed by atoms with Crippen LogP contribution in [0.25, 0.3) is 22.3 Å². The summed E-state index contributed by atoms with van der Waals surface area (Å²) >= 11 is 0. The summed E-state index contributed by atoms with van der Waals surface area (Å²) in [7, 11) is 0. The van der Waals surface area contributed by atoms with Crippen LogP contribution in [0.1, 0.15) is 11.1 Å². The van der Waals surface area contributed by atoms with Gasteiger partial charge in [0.15, 0.2) is 5.82 Å². The van der Waals surface area contributed by atoms with Crippen LogP contribution in [-0.2, 0) is 13.0 Å². The van der Waals surface area contributed by atoms with Gasteiger partial charge in [0.05, 0.1) is 12.1 Å². The monoisotopic (exact) mass is 356 g/mol. The highest BCUT2D eigenvalue weighted by molar-refractivity contribution is 5.90. The average molecular weight is 356 g/mol. The third-order valence-corrected chi connectivity index (χ3v) is 4.43. The van der Waals surface area contributed by atoms with Gasteiger partial charge in [-0.3, -0.25) is 4.98 Å². The summed E-state index contributed by atoms with van der Waals surface area (Å²) in [6.45, 7) is 0.828. The molecule has 2 N–H and O–H groups in total. The summed E-state index contributed by atoms with van der Waals surface area (Å²) in [4.78, 5) is 13.6. The van der Waals surface area contributed by atoms with Crippen LogP contribution in [0.4, 0.5) is 5.82 Å². The molecule has 0 saturated carbocycles. The van der Waals surface area contributed by atoms with Gasteiger partial charge in [-0.15, -0.1) is 0 Å². The molecule has 2 aromatic heterocycles. The zero-order valence-electron chi connectivity index (χ0n) is 14.8. The normalized spacial score (nSPS) is 10.9. The molecular weight excluding hydrogens is 336 g/mol. The summed E-state index contributed by atoms with van der Waals surface area (Å²) in [5.41, 5.74) is 3.94. The Labute approximate surface area is 157 Å². The lowest BCUT2D eigenvalue weighted by molar-refractivity contribution is 0.282. The topological polar surface area (TPSA) is 70.9 Å². The predicted molar refractivity (Wildman–Crippen MR) is 107 cm³/mol. The van der Waals surface area contributed by atoms with E-state index in [1.165, 1.54) is 5.56 Å². The van der Waals surface area contributed by atoms with E-state index in [1.807, 2.05) is 60.7 Å². The van der Waals surface area contributed by atoms with Gasteiger partial charge < -0.3 is 10.4 Å². The summed E-state index contributed by atoms with van der Waals surface area (Å²) in [6, 6.07) is 19.9. The average Bonchev–Trinajstić information content (AvgIpc) is 2.74. The molecule has 0 amide bonds. The molecule has 2 aromatic carbocycles. The van der Waals surface area contributed by atoms with Gasteiger partial charge in [-0.1, -0.05) is 36.4 Å². The van der Waals surface area contributed by atoms with Crippen molar-refractivity contribution < 1.29 is 5.11 Å². The molecule has 0 spiro atoms. The standard InChI is InChI=1S/C22H20N4O/c27-15-17-9-7-16(8-10-17)11-13-24-22-19-5-1-2-6-20(19)25-21(26-22)18-4-3-12-23-14-18/h1-10,12,14,27H,11,13,15H2,(H,24,25,26). The number of anilines is 1. The van der Waals surface area contributed by atoms with Crippen molar-refractivity contribution in [2.75, 3.05) is 11.9 Å². The fourth-order valence-electron chi connectivity index (χ4n) is 2.97. The number of rotatable bonds is 6. The van der Waals surface area contributed by atoms with E-state index in [1.54, 1.807) is 12.4 Å². The van der Waals surface area contributed by atoms with E-state index in [0.29, 0.717) is 5.82 Å². The largest absolute Gasteiger partial charge is 0.392 e. The first kappa shape index (κ1) is 17.1. The predicted octanol–water partition coefficient (Wildman–Crippen LogP) is 3.84. The Morgan fingerprint density at radius 2 is 1.67 bits per heavy atom. The molecule has 0 saturated heterocycles. The van der Waals surface area contributed by atoms with Crippen LogP contribution in [0.15, 0.2) is 73.1 Å². The van der Waals surface area contributed by atoms with Crippen LogP contribution in [0.3, 0.4) is 0 Å². The first-order valence-electron chi connectivity index (χ1n) is 8.93. The van der Waals surface area contributed by atoms with Crippen LogP contribution >= 0.6 is 0 Å². The van der Waals surface area contributed by atoms with E-state index >= 15 is 0 Å². The highest BCUT2D eigenvalue weighted by atomic mass is 16.3. The number of para-hydroxylation sites is 1. The lowest BCUT2D eigenvalue weighted by atomic mass is 10.1. The maximum atomic E-state index is 9.14. The lowest BCUT2D eigenvalue weighted by Crippen LogP contribution is -2.08. The van der Waals surface area contributed by atoms with Gasteiger partial charge in [-0.05, 0) is 41.8 Å². The van der Waals surface area contributed by atoms with Gasteiger partial charge in [0.1, 0.15) is 5.82 Å². The third kappa shape index (κ3) is 3.93. The van der Waals surface area contributed by atoms with Gasteiger partial charge >= 0.3 is 0 Å². The maximum absolute atomic E-state index is 9.14. The molecule has 134 valence electrons. The zero-order chi connectivity index (χ0) is 18.5. The summed E-state index contributed by atoms with van der Waals surface area (Å²) < 4.78 is 0. The van der Waals surface area contributed by atoms with Crippen molar-refractivity contribution in [2.24, 2.45) is 0 Å². The molecule has 27 heavy (non-hydrogen) atoms. The summed E-state index contributed by atoms with van der Waals surface area (Å²) in [6.07, 6.45) is 4.38. The fourth-order valence-corrected chi connectivity index (χ4v) is 2.97. The second-order valence-electron chi connectivity index (χ2n) is 6.31. The number of fused-ring (bicyclic) bond motifs is 1. The lowest BCUT2D eigenvalue weighted by Gasteiger charge is -2.11. The van der Waals surface area contributed by atoms with Crippen molar-refractivity contribution in [2.45, 2.75) is 13.0 Å². The molecule has 2 heterocycles. The van der Waals surface area contributed by atoms with Crippen molar-refractivity contribution >= 4 is 16.7 Å². The summed E-state index contributed by atoms with van der Waals surface area (Å²) in [5, 5.41) is 13.6. The SMILES string of the molecule is OCc1ccc(CCNc2nc(-c3cccnc3)nc3ccccc23)cc1. The van der Waals surface area contributed by atoms with Crippen molar-refractivity contribution in [1.82, 2.24) is 15.0 Å². The minimum absolute atomic E-state index is 0.0720. The van der Waals surface area contributed by atoms with Gasteiger partial charge in [-0.25, -0.2) is 9.97 Å². The Morgan fingerprint density at radius 1 is 0.852 bits per heavy atom. The van der Waals surface area contributed by atoms with Crippen LogP contribution in [0.5, 0.6) is 0 Å².